The van der Waals surface area contributed by atoms with E-state index in [-0.39, 0.29) is 18.3 Å². The number of amides is 1. The van der Waals surface area contributed by atoms with Gasteiger partial charge in [0, 0.05) is 18.7 Å². The first-order valence-electron chi connectivity index (χ1n) is 7.76. The Morgan fingerprint density at radius 1 is 1.08 bits per heavy atom. The first-order chi connectivity index (χ1) is 11.0. The van der Waals surface area contributed by atoms with E-state index in [1.807, 2.05) is 68.4 Å². The number of hydrogen-bond acceptors (Lipinski definition) is 3. The third kappa shape index (κ3) is 5.55. The van der Waals surface area contributed by atoms with E-state index >= 15 is 0 Å². The molecule has 0 radical (unpaired) electrons. The van der Waals surface area contributed by atoms with Gasteiger partial charge in [-0.05, 0) is 25.5 Å². The summed E-state index contributed by atoms with van der Waals surface area (Å²) in [5.41, 5.74) is 7.12. The van der Waals surface area contributed by atoms with Crippen molar-refractivity contribution in [2.24, 2.45) is 11.1 Å². The number of carbonyl (C=O) groups is 1. The maximum absolute atomic E-state index is 12.1. The number of benzene rings is 2. The SMILES string of the molecule is CC(C)(CN)C(=O)NCc1ccccc1OCc1ccccc1.Cl. The fraction of sp³-hybridized carbons (Fsp3) is 0.316. The van der Waals surface area contributed by atoms with Crippen LogP contribution in [0.15, 0.2) is 54.6 Å². The quantitative estimate of drug-likeness (QED) is 0.807. The lowest BCUT2D eigenvalue weighted by Crippen LogP contribution is -2.41. The lowest BCUT2D eigenvalue weighted by Gasteiger charge is -2.21. The summed E-state index contributed by atoms with van der Waals surface area (Å²) in [7, 11) is 0. The summed E-state index contributed by atoms with van der Waals surface area (Å²) in [5, 5.41) is 2.93. The minimum Gasteiger partial charge on any atom is -0.489 e. The molecule has 0 unspecified atom stereocenters. The Hall–Kier alpha value is -2.04. The first-order valence-corrected chi connectivity index (χ1v) is 7.76. The number of nitrogens with one attached hydrogen (secondary N) is 1. The number of halogens is 1. The molecule has 4 nitrogen and oxygen atoms in total. The molecule has 2 aromatic rings. The summed E-state index contributed by atoms with van der Waals surface area (Å²) in [6.07, 6.45) is 0. The van der Waals surface area contributed by atoms with Crippen molar-refractivity contribution in [3.63, 3.8) is 0 Å². The number of carbonyl (C=O) groups excluding carboxylic acids is 1. The third-order valence-electron chi connectivity index (χ3n) is 3.77. The van der Waals surface area contributed by atoms with Gasteiger partial charge in [-0.3, -0.25) is 4.79 Å². The molecule has 0 saturated heterocycles. The molecule has 0 aliphatic carbocycles. The van der Waals surface area contributed by atoms with Crippen LogP contribution in [-0.4, -0.2) is 12.5 Å². The highest BCUT2D eigenvalue weighted by Crippen LogP contribution is 2.20. The summed E-state index contributed by atoms with van der Waals surface area (Å²) < 4.78 is 5.89. The van der Waals surface area contributed by atoms with E-state index in [2.05, 4.69) is 5.32 Å². The molecular formula is C19H25ClN2O2. The third-order valence-corrected chi connectivity index (χ3v) is 3.77. The van der Waals surface area contributed by atoms with Crippen LogP contribution in [0.2, 0.25) is 0 Å². The zero-order chi connectivity index (χ0) is 16.7. The molecule has 0 atom stereocenters. The van der Waals surface area contributed by atoms with Crippen LogP contribution in [0.3, 0.4) is 0 Å². The van der Waals surface area contributed by atoms with Gasteiger partial charge in [0.05, 0.1) is 5.41 Å². The predicted molar refractivity (Wildman–Crippen MR) is 99.1 cm³/mol. The van der Waals surface area contributed by atoms with Crippen molar-refractivity contribution in [1.29, 1.82) is 0 Å². The lowest BCUT2D eigenvalue weighted by molar-refractivity contribution is -0.129. The average molecular weight is 349 g/mol. The maximum atomic E-state index is 12.1. The van der Waals surface area contributed by atoms with Crippen LogP contribution >= 0.6 is 12.4 Å². The molecule has 5 heteroatoms. The van der Waals surface area contributed by atoms with Crippen molar-refractivity contribution in [3.8, 4) is 5.75 Å². The molecule has 1 amide bonds. The highest BCUT2D eigenvalue weighted by Gasteiger charge is 2.25. The smallest absolute Gasteiger partial charge is 0.227 e. The molecule has 3 N–H and O–H groups in total. The van der Waals surface area contributed by atoms with Crippen molar-refractivity contribution in [2.45, 2.75) is 27.0 Å². The minimum absolute atomic E-state index is 0. The molecule has 0 fully saturated rings. The molecule has 0 aliphatic heterocycles. The van der Waals surface area contributed by atoms with Gasteiger partial charge in [-0.15, -0.1) is 12.4 Å². The van der Waals surface area contributed by atoms with E-state index in [1.165, 1.54) is 0 Å². The van der Waals surface area contributed by atoms with Gasteiger partial charge in [0.25, 0.3) is 0 Å². The average Bonchev–Trinajstić information content (AvgIpc) is 2.59. The molecule has 24 heavy (non-hydrogen) atoms. The number of rotatable bonds is 7. The van der Waals surface area contributed by atoms with Crippen molar-refractivity contribution in [1.82, 2.24) is 5.32 Å². The first kappa shape index (κ1) is 20.0. The Labute approximate surface area is 149 Å². The Morgan fingerprint density at radius 2 is 1.71 bits per heavy atom. The van der Waals surface area contributed by atoms with Crippen LogP contribution in [0.1, 0.15) is 25.0 Å². The second-order valence-corrected chi connectivity index (χ2v) is 6.15. The predicted octanol–water partition coefficient (Wildman–Crippen LogP) is 3.29. The molecule has 0 aliphatic rings. The monoisotopic (exact) mass is 348 g/mol. The molecule has 130 valence electrons. The lowest BCUT2D eigenvalue weighted by atomic mass is 9.92. The molecule has 0 bridgehead atoms. The molecule has 0 spiro atoms. The highest BCUT2D eigenvalue weighted by atomic mass is 35.5. The van der Waals surface area contributed by atoms with Gasteiger partial charge >= 0.3 is 0 Å². The van der Waals surface area contributed by atoms with Crippen molar-refractivity contribution >= 4 is 18.3 Å². The Balaban J connectivity index is 0.00000288. The molecule has 2 aromatic carbocycles. The van der Waals surface area contributed by atoms with Crippen LogP contribution in [0.25, 0.3) is 0 Å². The summed E-state index contributed by atoms with van der Waals surface area (Å²) >= 11 is 0. The second-order valence-electron chi connectivity index (χ2n) is 6.15. The minimum atomic E-state index is -0.570. The molecular weight excluding hydrogens is 324 g/mol. The highest BCUT2D eigenvalue weighted by molar-refractivity contribution is 5.85. The summed E-state index contributed by atoms with van der Waals surface area (Å²) in [5.74, 6) is 0.722. The fourth-order valence-electron chi connectivity index (χ4n) is 2.03. The topological polar surface area (TPSA) is 64.4 Å². The van der Waals surface area contributed by atoms with E-state index in [9.17, 15) is 4.79 Å². The van der Waals surface area contributed by atoms with E-state index in [0.29, 0.717) is 19.7 Å². The van der Waals surface area contributed by atoms with Crippen LogP contribution < -0.4 is 15.8 Å². The molecule has 0 heterocycles. The van der Waals surface area contributed by atoms with E-state index in [4.69, 9.17) is 10.5 Å². The normalized spacial score (nSPS) is 10.6. The standard InChI is InChI=1S/C19H24N2O2.ClH/c1-19(2,14-20)18(22)21-12-16-10-6-7-11-17(16)23-13-15-8-4-3-5-9-15;/h3-11H,12-14,20H2,1-2H3,(H,21,22);1H. The van der Waals surface area contributed by atoms with Crippen LogP contribution in [-0.2, 0) is 17.9 Å². The molecule has 0 aromatic heterocycles. The van der Waals surface area contributed by atoms with Gasteiger partial charge in [-0.2, -0.15) is 0 Å². The van der Waals surface area contributed by atoms with Crippen LogP contribution in [0, 0.1) is 5.41 Å². The zero-order valence-electron chi connectivity index (χ0n) is 14.1. The number of ether oxygens (including phenoxy) is 1. The van der Waals surface area contributed by atoms with Crippen LogP contribution in [0.4, 0.5) is 0 Å². The summed E-state index contributed by atoms with van der Waals surface area (Å²) in [6.45, 7) is 4.90. The van der Waals surface area contributed by atoms with Gasteiger partial charge in [-0.25, -0.2) is 0 Å². The van der Waals surface area contributed by atoms with Gasteiger partial charge < -0.3 is 15.8 Å². The largest absolute Gasteiger partial charge is 0.489 e. The molecule has 0 saturated carbocycles. The number of hydrogen-bond donors (Lipinski definition) is 2. The second kappa shape index (κ2) is 9.30. The van der Waals surface area contributed by atoms with Crippen molar-refractivity contribution < 1.29 is 9.53 Å². The van der Waals surface area contributed by atoms with Gasteiger partial charge in [0.15, 0.2) is 0 Å². The molecule has 2 rings (SSSR count). The van der Waals surface area contributed by atoms with Gasteiger partial charge in [0.1, 0.15) is 12.4 Å². The van der Waals surface area contributed by atoms with Crippen molar-refractivity contribution in [3.05, 3.63) is 65.7 Å². The number of para-hydroxylation sites is 1. The maximum Gasteiger partial charge on any atom is 0.227 e. The van der Waals surface area contributed by atoms with Crippen LogP contribution in [0.5, 0.6) is 5.75 Å². The van der Waals surface area contributed by atoms with E-state index < -0.39 is 5.41 Å². The van der Waals surface area contributed by atoms with Gasteiger partial charge in [-0.1, -0.05) is 48.5 Å². The number of nitrogens with two attached hydrogens (primary N) is 1. The van der Waals surface area contributed by atoms with E-state index in [0.717, 1.165) is 16.9 Å². The van der Waals surface area contributed by atoms with E-state index in [1.54, 1.807) is 0 Å². The summed E-state index contributed by atoms with van der Waals surface area (Å²) in [4.78, 5) is 12.1. The summed E-state index contributed by atoms with van der Waals surface area (Å²) in [6, 6.07) is 17.7. The van der Waals surface area contributed by atoms with Crippen molar-refractivity contribution in [2.75, 3.05) is 6.54 Å². The van der Waals surface area contributed by atoms with Gasteiger partial charge in [0.2, 0.25) is 5.91 Å². The fourth-order valence-corrected chi connectivity index (χ4v) is 2.03. The Kier molecular flexibility index (Phi) is 7.75. The Morgan fingerprint density at radius 3 is 2.38 bits per heavy atom. The Bertz CT molecular complexity index is 645. The zero-order valence-corrected chi connectivity index (χ0v) is 14.9.